The van der Waals surface area contributed by atoms with Crippen molar-refractivity contribution in [1.82, 2.24) is 10.2 Å². The first-order valence-electron chi connectivity index (χ1n) is 10.3. The number of carboxylic acid groups (broad SMARTS) is 1. The molecule has 1 fully saturated rings. The molecule has 182 valence electrons. The molecule has 0 aliphatic carbocycles. The minimum absolute atomic E-state index is 0.0333. The van der Waals surface area contributed by atoms with Crippen molar-refractivity contribution < 1.29 is 28.7 Å². The van der Waals surface area contributed by atoms with E-state index in [0.29, 0.717) is 53.9 Å². The molecule has 0 spiro atoms. The van der Waals surface area contributed by atoms with Gasteiger partial charge in [-0.25, -0.2) is 4.79 Å². The topological polar surface area (TPSA) is 141 Å². The lowest BCUT2D eigenvalue weighted by atomic mass is 10.1. The number of aliphatic carboxylic acids is 1. The van der Waals surface area contributed by atoms with Gasteiger partial charge in [0, 0.05) is 41.5 Å². The minimum Gasteiger partial charge on any atom is -0.496 e. The van der Waals surface area contributed by atoms with Gasteiger partial charge in [0.2, 0.25) is 0 Å². The lowest BCUT2D eigenvalue weighted by molar-refractivity contribution is -0.384. The van der Waals surface area contributed by atoms with Crippen LogP contribution in [0.5, 0.6) is 5.75 Å². The van der Waals surface area contributed by atoms with Crippen molar-refractivity contribution in [3.05, 3.63) is 62.0 Å². The number of thioether (sulfide) groups is 1. The smallest absolute Gasteiger partial charge is 0.342 e. The molecule has 0 saturated carbocycles. The number of hydrogen-bond acceptors (Lipinski definition) is 10. The lowest BCUT2D eigenvalue weighted by Crippen LogP contribution is -2.36. The summed E-state index contributed by atoms with van der Waals surface area (Å²) in [5.74, 6) is -0.703. The quantitative estimate of drug-likeness (QED) is 0.197. The number of aromatic nitrogens is 2. The van der Waals surface area contributed by atoms with Crippen molar-refractivity contribution in [2.45, 2.75) is 5.22 Å². The predicted octanol–water partition coefficient (Wildman–Crippen LogP) is 4.36. The van der Waals surface area contributed by atoms with Crippen LogP contribution in [0.25, 0.3) is 17.5 Å². The summed E-state index contributed by atoms with van der Waals surface area (Å²) in [5.41, 5.74) is 1.33. The largest absolute Gasteiger partial charge is 0.496 e. The number of nitro groups is 1. The molecular weight excluding hydrogens is 500 g/mol. The summed E-state index contributed by atoms with van der Waals surface area (Å²) in [4.78, 5) is 24.7. The highest BCUT2D eigenvalue weighted by Crippen LogP contribution is 2.36. The second kappa shape index (κ2) is 10.8. The first-order valence-corrected chi connectivity index (χ1v) is 11.5. The van der Waals surface area contributed by atoms with E-state index in [2.05, 4.69) is 10.2 Å². The number of rotatable bonds is 8. The summed E-state index contributed by atoms with van der Waals surface area (Å²) in [7, 11) is 1.48. The molecule has 4 rings (SSSR count). The Bertz CT molecular complexity index is 1290. The van der Waals surface area contributed by atoms with E-state index in [1.807, 2.05) is 4.90 Å². The normalized spacial score (nSPS) is 14.1. The molecule has 1 aromatic heterocycles. The molecule has 13 heteroatoms. The van der Waals surface area contributed by atoms with Crippen molar-refractivity contribution in [3.8, 4) is 17.2 Å². The van der Waals surface area contributed by atoms with Gasteiger partial charge in [-0.05, 0) is 42.1 Å². The molecule has 3 aromatic rings. The summed E-state index contributed by atoms with van der Waals surface area (Å²) >= 11 is 6.79. The van der Waals surface area contributed by atoms with Gasteiger partial charge in [0.05, 0.1) is 30.8 Å². The van der Waals surface area contributed by atoms with E-state index in [-0.39, 0.29) is 21.7 Å². The SMILES string of the molecule is COc1ccc(Cl)cc1-c1nnc(S/C(=C\c2cc([N+](=O)[O-])ccc2N2CCOCC2)C(=O)O)o1. The van der Waals surface area contributed by atoms with Crippen molar-refractivity contribution in [2.75, 3.05) is 38.3 Å². The van der Waals surface area contributed by atoms with Gasteiger partial charge in [-0.3, -0.25) is 10.1 Å². The number of non-ortho nitro benzene ring substituents is 1. The number of nitro benzene ring substituents is 1. The highest BCUT2D eigenvalue weighted by molar-refractivity contribution is 8.03. The van der Waals surface area contributed by atoms with E-state index in [4.69, 9.17) is 25.5 Å². The van der Waals surface area contributed by atoms with Crippen molar-refractivity contribution in [2.24, 2.45) is 0 Å². The van der Waals surface area contributed by atoms with Crippen LogP contribution in [0.3, 0.4) is 0 Å². The summed E-state index contributed by atoms with van der Waals surface area (Å²) in [5, 5.41) is 29.5. The maximum atomic E-state index is 12.1. The molecule has 1 saturated heterocycles. The van der Waals surface area contributed by atoms with Crippen LogP contribution in [-0.2, 0) is 9.53 Å². The molecule has 35 heavy (non-hydrogen) atoms. The van der Waals surface area contributed by atoms with E-state index >= 15 is 0 Å². The summed E-state index contributed by atoms with van der Waals surface area (Å²) in [6.07, 6.45) is 1.36. The van der Waals surface area contributed by atoms with Gasteiger partial charge in [0.1, 0.15) is 10.7 Å². The van der Waals surface area contributed by atoms with Gasteiger partial charge in [-0.2, -0.15) is 0 Å². The van der Waals surface area contributed by atoms with Crippen LogP contribution in [0.4, 0.5) is 11.4 Å². The Morgan fingerprint density at radius 2 is 2.03 bits per heavy atom. The zero-order valence-corrected chi connectivity index (χ0v) is 19.9. The Morgan fingerprint density at radius 1 is 1.26 bits per heavy atom. The van der Waals surface area contributed by atoms with Crippen LogP contribution in [0.15, 0.2) is 50.9 Å². The number of carbonyl (C=O) groups is 1. The van der Waals surface area contributed by atoms with Crippen LogP contribution >= 0.6 is 23.4 Å². The Balaban J connectivity index is 1.69. The van der Waals surface area contributed by atoms with Crippen LogP contribution in [-0.4, -0.2) is 59.6 Å². The molecule has 0 amide bonds. The van der Waals surface area contributed by atoms with Gasteiger partial charge in [-0.15, -0.1) is 10.2 Å². The molecule has 0 bridgehead atoms. The highest BCUT2D eigenvalue weighted by atomic mass is 35.5. The highest BCUT2D eigenvalue weighted by Gasteiger charge is 2.21. The molecule has 0 atom stereocenters. The molecular formula is C22H19ClN4O7S. The van der Waals surface area contributed by atoms with Crippen LogP contribution in [0, 0.1) is 10.1 Å². The number of halogens is 1. The Labute approximate surface area is 208 Å². The minimum atomic E-state index is -1.26. The van der Waals surface area contributed by atoms with Crippen LogP contribution < -0.4 is 9.64 Å². The summed E-state index contributed by atoms with van der Waals surface area (Å²) in [6.45, 7) is 2.14. The Hall–Kier alpha value is -3.61. The first-order chi connectivity index (χ1) is 16.9. The van der Waals surface area contributed by atoms with E-state index in [1.54, 1.807) is 24.3 Å². The number of carboxylic acids is 1. The average Bonchev–Trinajstić information content (AvgIpc) is 3.32. The van der Waals surface area contributed by atoms with E-state index < -0.39 is 10.9 Å². The van der Waals surface area contributed by atoms with Crippen LogP contribution in [0.2, 0.25) is 5.02 Å². The fraction of sp³-hybridized carbons (Fsp3) is 0.227. The number of nitrogens with zero attached hydrogens (tertiary/aromatic N) is 4. The van der Waals surface area contributed by atoms with Gasteiger partial charge < -0.3 is 23.9 Å². The molecule has 2 heterocycles. The zero-order valence-electron chi connectivity index (χ0n) is 18.3. The number of benzene rings is 2. The zero-order chi connectivity index (χ0) is 24.9. The van der Waals surface area contributed by atoms with Crippen LogP contribution in [0.1, 0.15) is 5.56 Å². The Kier molecular flexibility index (Phi) is 7.54. The molecule has 1 N–H and O–H groups in total. The maximum absolute atomic E-state index is 12.1. The third kappa shape index (κ3) is 5.73. The molecule has 11 nitrogen and oxygen atoms in total. The second-order valence-electron chi connectivity index (χ2n) is 7.23. The first kappa shape index (κ1) is 24.5. The summed E-state index contributed by atoms with van der Waals surface area (Å²) < 4.78 is 16.3. The fourth-order valence-electron chi connectivity index (χ4n) is 3.44. The van der Waals surface area contributed by atoms with Gasteiger partial charge in [-0.1, -0.05) is 11.6 Å². The summed E-state index contributed by atoms with van der Waals surface area (Å²) in [6, 6.07) is 9.21. The average molecular weight is 519 g/mol. The van der Waals surface area contributed by atoms with Gasteiger partial charge >= 0.3 is 5.97 Å². The third-order valence-electron chi connectivity index (χ3n) is 5.07. The van der Waals surface area contributed by atoms with Crippen molar-refractivity contribution in [1.29, 1.82) is 0 Å². The monoisotopic (exact) mass is 518 g/mol. The number of ether oxygens (including phenoxy) is 2. The molecule has 1 aliphatic heterocycles. The maximum Gasteiger partial charge on any atom is 0.342 e. The molecule has 0 unspecified atom stereocenters. The molecule has 1 aliphatic rings. The fourth-order valence-corrected chi connectivity index (χ4v) is 4.28. The molecule has 0 radical (unpaired) electrons. The molecule has 2 aromatic carbocycles. The number of methoxy groups -OCH3 is 1. The standard InChI is InChI=1S/C22H19ClN4O7S/c1-32-18-5-2-14(23)12-16(18)20-24-25-22(34-20)35-19(21(28)29)11-13-10-15(27(30)31)3-4-17(13)26-6-8-33-9-7-26/h2-5,10-12H,6-9H2,1H3,(H,28,29)/b19-11-. The van der Waals surface area contributed by atoms with Gasteiger partial charge in [0.25, 0.3) is 16.8 Å². The van der Waals surface area contributed by atoms with Gasteiger partial charge in [0.15, 0.2) is 0 Å². The predicted molar refractivity (Wildman–Crippen MR) is 129 cm³/mol. The second-order valence-corrected chi connectivity index (χ2v) is 8.66. The third-order valence-corrected chi connectivity index (χ3v) is 6.15. The lowest BCUT2D eigenvalue weighted by Gasteiger charge is -2.30. The van der Waals surface area contributed by atoms with E-state index in [1.165, 1.54) is 25.3 Å². The van der Waals surface area contributed by atoms with Crippen molar-refractivity contribution in [3.63, 3.8) is 0 Å². The number of hydrogen-bond donors (Lipinski definition) is 1. The Morgan fingerprint density at radius 3 is 2.71 bits per heavy atom. The van der Waals surface area contributed by atoms with E-state index in [0.717, 1.165) is 11.8 Å². The number of anilines is 1. The number of morpholine rings is 1. The van der Waals surface area contributed by atoms with E-state index in [9.17, 15) is 20.0 Å². The van der Waals surface area contributed by atoms with Crippen molar-refractivity contribution >= 4 is 46.8 Å².